The Labute approximate surface area is 104 Å². The van der Waals surface area contributed by atoms with Gasteiger partial charge in [0.2, 0.25) is 5.91 Å². The van der Waals surface area contributed by atoms with Crippen molar-refractivity contribution < 1.29 is 14.6 Å². The number of nitrogens with zero attached hydrogens (tertiary/aromatic N) is 1. The van der Waals surface area contributed by atoms with Crippen LogP contribution in [0.3, 0.4) is 0 Å². The lowest BCUT2D eigenvalue weighted by Crippen LogP contribution is -2.40. The molecule has 0 aromatic rings. The molecular formula is C12H26N2O3. The summed E-state index contributed by atoms with van der Waals surface area (Å²) >= 11 is 0. The van der Waals surface area contributed by atoms with Gasteiger partial charge in [-0.15, -0.1) is 0 Å². The Bertz CT molecular complexity index is 210. The van der Waals surface area contributed by atoms with Crippen molar-refractivity contribution in [1.29, 1.82) is 0 Å². The largest absolute Gasteiger partial charge is 0.394 e. The predicted octanol–water partition coefficient (Wildman–Crippen LogP) is 0.217. The first-order chi connectivity index (χ1) is 8.02. The number of aliphatic hydroxyl groups excluding tert-OH is 1. The summed E-state index contributed by atoms with van der Waals surface area (Å²) in [4.78, 5) is 13.8. The topological polar surface area (TPSA) is 75.8 Å². The second kappa shape index (κ2) is 9.39. The first kappa shape index (κ1) is 16.4. The summed E-state index contributed by atoms with van der Waals surface area (Å²) < 4.78 is 5.18. The fourth-order valence-electron chi connectivity index (χ4n) is 1.50. The first-order valence-electron chi connectivity index (χ1n) is 6.21. The average Bonchev–Trinajstić information content (AvgIpc) is 2.28. The van der Waals surface area contributed by atoms with Crippen molar-refractivity contribution in [3.05, 3.63) is 0 Å². The highest BCUT2D eigenvalue weighted by atomic mass is 16.5. The molecule has 0 aliphatic rings. The van der Waals surface area contributed by atoms with E-state index in [0.29, 0.717) is 32.7 Å². The lowest BCUT2D eigenvalue weighted by Gasteiger charge is -2.27. The lowest BCUT2D eigenvalue weighted by molar-refractivity contribution is -0.134. The van der Waals surface area contributed by atoms with Crippen LogP contribution in [0.5, 0.6) is 0 Å². The second-order valence-electron chi connectivity index (χ2n) is 4.56. The van der Waals surface area contributed by atoms with Crippen LogP contribution >= 0.6 is 0 Å². The fourth-order valence-corrected chi connectivity index (χ4v) is 1.50. The highest BCUT2D eigenvalue weighted by Gasteiger charge is 2.18. The monoisotopic (exact) mass is 246 g/mol. The number of aliphatic hydroxyl groups is 1. The molecule has 0 bridgehead atoms. The molecule has 0 heterocycles. The van der Waals surface area contributed by atoms with Crippen molar-refractivity contribution in [2.24, 2.45) is 11.7 Å². The standard InChI is InChI=1S/C12H26N2O3/c1-10(2)14(4-6-17-7-5-15)12(16)8-11(3)9-13/h10-11,15H,4-9,13H2,1-3H3. The maximum atomic E-state index is 12.0. The summed E-state index contributed by atoms with van der Waals surface area (Å²) in [6.45, 7) is 7.82. The summed E-state index contributed by atoms with van der Waals surface area (Å²) in [7, 11) is 0. The zero-order chi connectivity index (χ0) is 13.3. The van der Waals surface area contributed by atoms with Gasteiger partial charge in [0.05, 0.1) is 19.8 Å². The molecule has 1 atom stereocenters. The van der Waals surface area contributed by atoms with Gasteiger partial charge in [0, 0.05) is 19.0 Å². The van der Waals surface area contributed by atoms with E-state index in [1.807, 2.05) is 20.8 Å². The third-order valence-electron chi connectivity index (χ3n) is 2.58. The minimum atomic E-state index is 0.0137. The minimum Gasteiger partial charge on any atom is -0.394 e. The van der Waals surface area contributed by atoms with Gasteiger partial charge in [0.1, 0.15) is 0 Å². The molecular weight excluding hydrogens is 220 g/mol. The summed E-state index contributed by atoms with van der Waals surface area (Å²) in [5.41, 5.74) is 5.51. The summed E-state index contributed by atoms with van der Waals surface area (Å²) in [5.74, 6) is 0.327. The quantitative estimate of drug-likeness (QED) is 0.571. The van der Waals surface area contributed by atoms with Gasteiger partial charge in [-0.25, -0.2) is 0 Å². The third kappa shape index (κ3) is 7.31. The molecule has 17 heavy (non-hydrogen) atoms. The molecule has 0 spiro atoms. The maximum Gasteiger partial charge on any atom is 0.223 e. The number of hydrogen-bond acceptors (Lipinski definition) is 4. The normalized spacial score (nSPS) is 12.8. The van der Waals surface area contributed by atoms with E-state index < -0.39 is 0 Å². The molecule has 0 rings (SSSR count). The molecule has 102 valence electrons. The van der Waals surface area contributed by atoms with Crippen molar-refractivity contribution >= 4 is 5.91 Å². The van der Waals surface area contributed by atoms with Crippen LogP contribution in [-0.4, -0.2) is 54.9 Å². The van der Waals surface area contributed by atoms with E-state index in [1.54, 1.807) is 4.90 Å². The number of carbonyl (C=O) groups excluding carboxylic acids is 1. The van der Waals surface area contributed by atoms with Gasteiger partial charge < -0.3 is 20.5 Å². The van der Waals surface area contributed by atoms with Crippen LogP contribution in [0.4, 0.5) is 0 Å². The maximum absolute atomic E-state index is 12.0. The molecule has 0 aromatic carbocycles. The molecule has 0 aromatic heterocycles. The van der Waals surface area contributed by atoms with Crippen molar-refractivity contribution in [3.63, 3.8) is 0 Å². The van der Waals surface area contributed by atoms with E-state index in [9.17, 15) is 4.79 Å². The average molecular weight is 246 g/mol. The Morgan fingerprint density at radius 3 is 2.47 bits per heavy atom. The first-order valence-corrected chi connectivity index (χ1v) is 6.21. The number of nitrogens with two attached hydrogens (primary N) is 1. The Hall–Kier alpha value is -0.650. The van der Waals surface area contributed by atoms with E-state index in [4.69, 9.17) is 15.6 Å². The van der Waals surface area contributed by atoms with Crippen LogP contribution in [0.1, 0.15) is 27.2 Å². The van der Waals surface area contributed by atoms with Crippen LogP contribution in [0.2, 0.25) is 0 Å². The van der Waals surface area contributed by atoms with E-state index in [2.05, 4.69) is 0 Å². The smallest absolute Gasteiger partial charge is 0.223 e. The number of ether oxygens (including phenoxy) is 1. The van der Waals surface area contributed by atoms with E-state index in [0.717, 1.165) is 0 Å². The second-order valence-corrected chi connectivity index (χ2v) is 4.56. The zero-order valence-electron chi connectivity index (χ0n) is 11.2. The fraction of sp³-hybridized carbons (Fsp3) is 0.917. The van der Waals surface area contributed by atoms with Crippen LogP contribution in [-0.2, 0) is 9.53 Å². The molecule has 0 aliphatic carbocycles. The molecule has 1 unspecified atom stereocenters. The Morgan fingerprint density at radius 2 is 2.00 bits per heavy atom. The summed E-state index contributed by atoms with van der Waals surface area (Å²) in [6, 6.07) is 0.158. The Balaban J connectivity index is 4.08. The molecule has 0 radical (unpaired) electrons. The number of rotatable bonds is 9. The minimum absolute atomic E-state index is 0.0137. The molecule has 1 amide bonds. The predicted molar refractivity (Wildman–Crippen MR) is 67.6 cm³/mol. The molecule has 0 saturated heterocycles. The van der Waals surface area contributed by atoms with Crippen LogP contribution < -0.4 is 5.73 Å². The highest BCUT2D eigenvalue weighted by Crippen LogP contribution is 2.07. The van der Waals surface area contributed by atoms with Gasteiger partial charge in [0.15, 0.2) is 0 Å². The van der Waals surface area contributed by atoms with Crippen molar-refractivity contribution in [2.75, 3.05) is 32.9 Å². The van der Waals surface area contributed by atoms with Gasteiger partial charge in [0.25, 0.3) is 0 Å². The zero-order valence-corrected chi connectivity index (χ0v) is 11.2. The molecule has 0 aliphatic heterocycles. The lowest BCUT2D eigenvalue weighted by atomic mass is 10.1. The molecule has 0 fully saturated rings. The van der Waals surface area contributed by atoms with E-state index >= 15 is 0 Å². The SMILES string of the molecule is CC(CN)CC(=O)N(CCOCCO)C(C)C. The number of carbonyl (C=O) groups is 1. The van der Waals surface area contributed by atoms with Gasteiger partial charge in [-0.2, -0.15) is 0 Å². The Kier molecular flexibility index (Phi) is 9.03. The van der Waals surface area contributed by atoms with Gasteiger partial charge in [-0.05, 0) is 26.3 Å². The Morgan fingerprint density at radius 1 is 1.35 bits per heavy atom. The molecule has 5 heteroatoms. The van der Waals surface area contributed by atoms with Gasteiger partial charge in [-0.1, -0.05) is 6.92 Å². The van der Waals surface area contributed by atoms with E-state index in [1.165, 1.54) is 0 Å². The van der Waals surface area contributed by atoms with Crippen molar-refractivity contribution in [3.8, 4) is 0 Å². The summed E-state index contributed by atoms with van der Waals surface area (Å²) in [6.07, 6.45) is 0.481. The van der Waals surface area contributed by atoms with Gasteiger partial charge >= 0.3 is 0 Å². The summed E-state index contributed by atoms with van der Waals surface area (Å²) in [5, 5.41) is 8.58. The molecule has 3 N–H and O–H groups in total. The number of hydrogen-bond donors (Lipinski definition) is 2. The van der Waals surface area contributed by atoms with E-state index in [-0.39, 0.29) is 24.5 Å². The van der Waals surface area contributed by atoms with Crippen LogP contribution in [0, 0.1) is 5.92 Å². The van der Waals surface area contributed by atoms with Crippen LogP contribution in [0.15, 0.2) is 0 Å². The van der Waals surface area contributed by atoms with Crippen LogP contribution in [0.25, 0.3) is 0 Å². The highest BCUT2D eigenvalue weighted by molar-refractivity contribution is 5.76. The van der Waals surface area contributed by atoms with Gasteiger partial charge in [-0.3, -0.25) is 4.79 Å². The third-order valence-corrected chi connectivity index (χ3v) is 2.58. The number of amides is 1. The molecule has 5 nitrogen and oxygen atoms in total. The van der Waals surface area contributed by atoms with Crippen molar-refractivity contribution in [2.45, 2.75) is 33.2 Å². The van der Waals surface area contributed by atoms with Crippen molar-refractivity contribution in [1.82, 2.24) is 4.90 Å². The molecule has 0 saturated carbocycles.